The number of hydrogen-bond donors (Lipinski definition) is 0. The van der Waals surface area contributed by atoms with Crippen molar-refractivity contribution in [1.82, 2.24) is 0 Å². The molecule has 1 heterocycles. The molecule has 8 heavy (non-hydrogen) atoms. The van der Waals surface area contributed by atoms with E-state index in [0.29, 0.717) is 6.10 Å². The zero-order chi connectivity index (χ0) is 5.56. The molecular formula is C6H8O2. The molecule has 2 atom stereocenters. The summed E-state index contributed by atoms with van der Waals surface area (Å²) in [6, 6.07) is 0. The lowest BCUT2D eigenvalue weighted by Crippen LogP contribution is -2.13. The van der Waals surface area contributed by atoms with Crippen LogP contribution in [0.3, 0.4) is 0 Å². The quantitative estimate of drug-likeness (QED) is 0.431. The molecule has 1 aliphatic heterocycles. The van der Waals surface area contributed by atoms with E-state index in [9.17, 15) is 4.79 Å². The van der Waals surface area contributed by atoms with Crippen LogP contribution in [0.4, 0.5) is 0 Å². The van der Waals surface area contributed by atoms with Gasteiger partial charge in [-0.3, -0.25) is 4.79 Å². The van der Waals surface area contributed by atoms with Gasteiger partial charge in [0.25, 0.3) is 0 Å². The van der Waals surface area contributed by atoms with Gasteiger partial charge in [0, 0.05) is 0 Å². The summed E-state index contributed by atoms with van der Waals surface area (Å²) in [5.41, 5.74) is 0. The number of fused-ring (bicyclic) bond motifs is 2. The van der Waals surface area contributed by atoms with Gasteiger partial charge >= 0.3 is 5.97 Å². The first-order valence-electron chi connectivity index (χ1n) is 3.07. The van der Waals surface area contributed by atoms with Crippen molar-refractivity contribution >= 4 is 5.97 Å². The summed E-state index contributed by atoms with van der Waals surface area (Å²) in [5, 5.41) is 0. The van der Waals surface area contributed by atoms with Crippen molar-refractivity contribution in [3.05, 3.63) is 0 Å². The Kier molecular flexibility index (Phi) is 0.678. The topological polar surface area (TPSA) is 26.3 Å². The highest BCUT2D eigenvalue weighted by molar-refractivity contribution is 5.75. The molecule has 0 amide bonds. The average Bonchev–Trinajstić information content (AvgIpc) is 2.23. The minimum absolute atomic E-state index is 0.0428. The first kappa shape index (κ1) is 4.36. The molecule has 1 saturated heterocycles. The fraction of sp³-hybridized carbons (Fsp3) is 0.833. The molecule has 1 saturated carbocycles. The maximum atomic E-state index is 10.6. The summed E-state index contributed by atoms with van der Waals surface area (Å²) in [6.07, 6.45) is 3.48. The molecule has 0 radical (unpaired) electrons. The fourth-order valence-electron chi connectivity index (χ4n) is 1.52. The lowest BCUT2D eigenvalue weighted by Gasteiger charge is -2.07. The predicted molar refractivity (Wildman–Crippen MR) is 27.2 cm³/mol. The summed E-state index contributed by atoms with van der Waals surface area (Å²) in [4.78, 5) is 10.6. The average molecular weight is 112 g/mol. The van der Waals surface area contributed by atoms with E-state index in [-0.39, 0.29) is 11.9 Å². The monoisotopic (exact) mass is 112 g/mol. The molecule has 0 aromatic heterocycles. The van der Waals surface area contributed by atoms with Crippen molar-refractivity contribution < 1.29 is 9.53 Å². The molecule has 2 rings (SSSR count). The second kappa shape index (κ2) is 1.24. The molecule has 2 fully saturated rings. The van der Waals surface area contributed by atoms with E-state index in [1.807, 2.05) is 0 Å². The third-order valence-corrected chi connectivity index (χ3v) is 2.00. The normalized spacial score (nSPS) is 42.8. The van der Waals surface area contributed by atoms with Crippen LogP contribution in [0, 0.1) is 5.92 Å². The van der Waals surface area contributed by atoms with Gasteiger partial charge in [-0.05, 0) is 19.3 Å². The number of carbonyl (C=O) groups excluding carboxylic acids is 1. The molecule has 0 aromatic carbocycles. The largest absolute Gasteiger partial charge is 0.462 e. The third-order valence-electron chi connectivity index (χ3n) is 2.00. The Labute approximate surface area is 47.8 Å². The van der Waals surface area contributed by atoms with E-state index in [1.165, 1.54) is 0 Å². The molecule has 0 spiro atoms. The van der Waals surface area contributed by atoms with Gasteiger partial charge in [0.2, 0.25) is 0 Å². The van der Waals surface area contributed by atoms with Crippen LogP contribution in [-0.4, -0.2) is 12.1 Å². The van der Waals surface area contributed by atoms with E-state index < -0.39 is 0 Å². The fourth-order valence-corrected chi connectivity index (χ4v) is 1.52. The van der Waals surface area contributed by atoms with Crippen LogP contribution in [0.15, 0.2) is 0 Å². The van der Waals surface area contributed by atoms with Gasteiger partial charge in [-0.2, -0.15) is 0 Å². The minimum Gasteiger partial charge on any atom is -0.462 e. The van der Waals surface area contributed by atoms with Gasteiger partial charge in [-0.25, -0.2) is 0 Å². The lowest BCUT2D eigenvalue weighted by molar-refractivity contribution is -0.147. The predicted octanol–water partition coefficient (Wildman–Crippen LogP) is 0.712. The van der Waals surface area contributed by atoms with E-state index in [2.05, 4.69) is 0 Å². The van der Waals surface area contributed by atoms with Crippen LogP contribution >= 0.6 is 0 Å². The number of carbonyl (C=O) groups is 1. The lowest BCUT2D eigenvalue weighted by atomic mass is 10.1. The summed E-state index contributed by atoms with van der Waals surface area (Å²) in [5.74, 6) is 0.321. The van der Waals surface area contributed by atoms with Crippen molar-refractivity contribution in [3.63, 3.8) is 0 Å². The van der Waals surface area contributed by atoms with Crippen LogP contribution in [-0.2, 0) is 9.53 Å². The SMILES string of the molecule is O=C1O[C@@H]2CC[C@H]1C2. The first-order valence-corrected chi connectivity index (χ1v) is 3.07. The van der Waals surface area contributed by atoms with Gasteiger partial charge in [0.1, 0.15) is 6.10 Å². The maximum absolute atomic E-state index is 10.6. The summed E-state index contributed by atoms with van der Waals surface area (Å²) < 4.78 is 4.92. The second-order valence-corrected chi connectivity index (χ2v) is 2.57. The standard InChI is InChI=1S/C6H8O2/c7-6-4-1-2-5(3-4)8-6/h4-5H,1-3H2/t4-,5+/m0/s1. The Hall–Kier alpha value is -0.530. The van der Waals surface area contributed by atoms with Gasteiger partial charge in [0.05, 0.1) is 5.92 Å². The van der Waals surface area contributed by atoms with Crippen molar-refractivity contribution in [1.29, 1.82) is 0 Å². The van der Waals surface area contributed by atoms with E-state index in [0.717, 1.165) is 19.3 Å². The summed E-state index contributed by atoms with van der Waals surface area (Å²) >= 11 is 0. The molecular weight excluding hydrogens is 104 g/mol. The van der Waals surface area contributed by atoms with E-state index in [4.69, 9.17) is 4.74 Å². The molecule has 1 aliphatic carbocycles. The molecule has 0 N–H and O–H groups in total. The number of rotatable bonds is 0. The third kappa shape index (κ3) is 0.403. The van der Waals surface area contributed by atoms with Gasteiger partial charge in [-0.1, -0.05) is 0 Å². The Morgan fingerprint density at radius 2 is 2.38 bits per heavy atom. The smallest absolute Gasteiger partial charge is 0.309 e. The van der Waals surface area contributed by atoms with E-state index >= 15 is 0 Å². The van der Waals surface area contributed by atoms with E-state index in [1.54, 1.807) is 0 Å². The number of hydrogen-bond acceptors (Lipinski definition) is 2. The number of esters is 1. The van der Waals surface area contributed by atoms with Crippen molar-refractivity contribution in [2.24, 2.45) is 5.92 Å². The zero-order valence-electron chi connectivity index (χ0n) is 4.59. The first-order chi connectivity index (χ1) is 3.86. The molecule has 0 unspecified atom stereocenters. The van der Waals surface area contributed by atoms with Crippen molar-refractivity contribution in [2.45, 2.75) is 25.4 Å². The van der Waals surface area contributed by atoms with Crippen molar-refractivity contribution in [3.8, 4) is 0 Å². The van der Waals surface area contributed by atoms with Crippen LogP contribution in [0.5, 0.6) is 0 Å². The van der Waals surface area contributed by atoms with Crippen LogP contribution < -0.4 is 0 Å². The number of ether oxygens (including phenoxy) is 1. The Bertz CT molecular complexity index is 130. The maximum Gasteiger partial charge on any atom is 0.309 e. The molecule has 44 valence electrons. The Morgan fingerprint density at radius 1 is 1.50 bits per heavy atom. The Balaban J connectivity index is 2.22. The van der Waals surface area contributed by atoms with Gasteiger partial charge in [-0.15, -0.1) is 0 Å². The van der Waals surface area contributed by atoms with Crippen molar-refractivity contribution in [2.75, 3.05) is 0 Å². The van der Waals surface area contributed by atoms with Gasteiger partial charge < -0.3 is 4.74 Å². The highest BCUT2D eigenvalue weighted by atomic mass is 16.6. The van der Waals surface area contributed by atoms with Crippen LogP contribution in [0.1, 0.15) is 19.3 Å². The molecule has 2 aliphatic rings. The second-order valence-electron chi connectivity index (χ2n) is 2.57. The molecule has 2 bridgehead atoms. The molecule has 2 nitrogen and oxygen atoms in total. The summed E-state index contributed by atoms with van der Waals surface area (Å²) in [6.45, 7) is 0. The van der Waals surface area contributed by atoms with Crippen LogP contribution in [0.2, 0.25) is 0 Å². The molecule has 2 heteroatoms. The Morgan fingerprint density at radius 3 is 2.62 bits per heavy atom. The molecule has 0 aromatic rings. The van der Waals surface area contributed by atoms with Crippen LogP contribution in [0.25, 0.3) is 0 Å². The zero-order valence-corrected chi connectivity index (χ0v) is 4.59. The summed E-state index contributed by atoms with van der Waals surface area (Å²) in [7, 11) is 0. The van der Waals surface area contributed by atoms with Gasteiger partial charge in [0.15, 0.2) is 0 Å². The highest BCUT2D eigenvalue weighted by Gasteiger charge is 2.40. The highest BCUT2D eigenvalue weighted by Crippen LogP contribution is 2.35. The minimum atomic E-state index is 0.0428.